The molecule has 1 fully saturated rings. The average molecular weight is 489 g/mol. The Morgan fingerprint density at radius 1 is 0.500 bits per heavy atom. The van der Waals surface area contributed by atoms with Gasteiger partial charge in [0.25, 0.3) is 0 Å². The summed E-state index contributed by atoms with van der Waals surface area (Å²) < 4.78 is 0. The van der Waals surface area contributed by atoms with Crippen LogP contribution in [0.1, 0.15) is 46.5 Å². The van der Waals surface area contributed by atoms with Gasteiger partial charge in [-0.05, 0) is 6.92 Å². The van der Waals surface area contributed by atoms with E-state index in [1.165, 1.54) is 0 Å². The lowest BCUT2D eigenvalue weighted by Crippen LogP contribution is -2.47. The van der Waals surface area contributed by atoms with Gasteiger partial charge < -0.3 is 34.9 Å². The number of aliphatic carboxylic acids is 3. The van der Waals surface area contributed by atoms with Crippen LogP contribution in [0.2, 0.25) is 0 Å². The summed E-state index contributed by atoms with van der Waals surface area (Å²) in [5, 5.41) is 27.2. The summed E-state index contributed by atoms with van der Waals surface area (Å²) >= 11 is 0. The Morgan fingerprint density at radius 2 is 0.706 bits per heavy atom. The molecule has 0 saturated carbocycles. The molecule has 0 unspecified atom stereocenters. The van der Waals surface area contributed by atoms with Crippen LogP contribution in [0.15, 0.2) is 0 Å². The highest BCUT2D eigenvalue weighted by Gasteiger charge is 2.18. The molecule has 1 saturated heterocycles. The van der Waals surface area contributed by atoms with Crippen molar-refractivity contribution in [3.63, 3.8) is 0 Å². The predicted molar refractivity (Wildman–Crippen MR) is 129 cm³/mol. The average Bonchev–Trinajstić information content (AvgIpc) is 2.77. The van der Waals surface area contributed by atoms with Crippen LogP contribution in [-0.2, 0) is 19.2 Å². The number of nitrogens with zero attached hydrogens (tertiary/aromatic N) is 4. The maximum atomic E-state index is 11.5. The van der Waals surface area contributed by atoms with Gasteiger partial charge >= 0.3 is 17.9 Å². The number of Topliss-reactive ketones (excluding diaryl/α,β-unsaturated/α-hetero) is 1. The molecule has 0 amide bonds. The highest BCUT2D eigenvalue weighted by atomic mass is 16.4. The van der Waals surface area contributed by atoms with Crippen molar-refractivity contribution in [3.8, 4) is 0 Å². The van der Waals surface area contributed by atoms with Gasteiger partial charge in [0.05, 0.1) is 19.3 Å². The second kappa shape index (κ2) is 19.2. The summed E-state index contributed by atoms with van der Waals surface area (Å²) in [7, 11) is 0. The number of hydrogen-bond acceptors (Lipinski definition) is 8. The standard InChI is InChI=1S/C21H38N4O7.C2H6/c1-18(26)2-6-22-10-12-23(7-3-19(27)28)14-16-25(9-5-21(31)32)17-15-24(13-11-22)8-4-20(29)30;1-2/h2-17H2,1H3,(H,27,28)(H,29,30)(H,31,32);1-2H3. The third-order valence-corrected chi connectivity index (χ3v) is 5.64. The van der Waals surface area contributed by atoms with Crippen molar-refractivity contribution >= 4 is 23.7 Å². The lowest BCUT2D eigenvalue weighted by molar-refractivity contribution is -0.138. The molecule has 1 heterocycles. The van der Waals surface area contributed by atoms with Crippen LogP contribution < -0.4 is 0 Å². The van der Waals surface area contributed by atoms with Gasteiger partial charge in [-0.3, -0.25) is 19.2 Å². The molecular formula is C23H44N4O7. The van der Waals surface area contributed by atoms with Gasteiger partial charge in [0.15, 0.2) is 0 Å². The van der Waals surface area contributed by atoms with E-state index in [1.807, 2.05) is 18.7 Å². The van der Waals surface area contributed by atoms with Crippen molar-refractivity contribution in [1.29, 1.82) is 0 Å². The zero-order valence-corrected chi connectivity index (χ0v) is 21.1. The minimum Gasteiger partial charge on any atom is -0.481 e. The molecule has 0 bridgehead atoms. The molecule has 198 valence electrons. The third-order valence-electron chi connectivity index (χ3n) is 5.64. The lowest BCUT2D eigenvalue weighted by atomic mass is 10.2. The third kappa shape index (κ3) is 17.4. The molecule has 0 aliphatic carbocycles. The quantitative estimate of drug-likeness (QED) is 0.356. The fourth-order valence-electron chi connectivity index (χ4n) is 3.55. The summed E-state index contributed by atoms with van der Waals surface area (Å²) in [5.74, 6) is -2.49. The van der Waals surface area contributed by atoms with E-state index < -0.39 is 17.9 Å². The summed E-state index contributed by atoms with van der Waals surface area (Å²) in [4.78, 5) is 53.0. The van der Waals surface area contributed by atoms with E-state index in [-0.39, 0.29) is 25.0 Å². The zero-order valence-electron chi connectivity index (χ0n) is 21.1. The number of carboxylic acid groups (broad SMARTS) is 3. The van der Waals surface area contributed by atoms with Gasteiger partial charge in [-0.25, -0.2) is 0 Å². The molecule has 0 spiro atoms. The van der Waals surface area contributed by atoms with E-state index in [4.69, 9.17) is 15.3 Å². The SMILES string of the molecule is CC.CC(=O)CCN1CCN(CCC(=O)O)CCN(CCC(=O)O)CCN(CCC(=O)O)CC1. The van der Waals surface area contributed by atoms with Crippen molar-refractivity contribution in [2.24, 2.45) is 0 Å². The molecular weight excluding hydrogens is 444 g/mol. The van der Waals surface area contributed by atoms with Crippen LogP contribution in [0.5, 0.6) is 0 Å². The zero-order chi connectivity index (χ0) is 25.9. The van der Waals surface area contributed by atoms with Crippen LogP contribution >= 0.6 is 0 Å². The second-order valence-electron chi connectivity index (χ2n) is 8.25. The van der Waals surface area contributed by atoms with Gasteiger partial charge in [-0.2, -0.15) is 0 Å². The second-order valence-corrected chi connectivity index (χ2v) is 8.25. The summed E-state index contributed by atoms with van der Waals surface area (Å²) in [6, 6.07) is 0. The first-order valence-electron chi connectivity index (χ1n) is 12.2. The Hall–Kier alpha value is -2.08. The van der Waals surface area contributed by atoms with Crippen LogP contribution in [0, 0.1) is 0 Å². The molecule has 0 atom stereocenters. The van der Waals surface area contributed by atoms with Crippen LogP contribution in [-0.4, -0.2) is 137 Å². The molecule has 11 heteroatoms. The molecule has 0 aromatic rings. The molecule has 1 aliphatic rings. The Kier molecular flexibility index (Phi) is 18.1. The smallest absolute Gasteiger partial charge is 0.304 e. The van der Waals surface area contributed by atoms with E-state index in [0.717, 1.165) is 0 Å². The van der Waals surface area contributed by atoms with Crippen molar-refractivity contribution in [2.75, 3.05) is 78.5 Å². The largest absolute Gasteiger partial charge is 0.481 e. The fourth-order valence-corrected chi connectivity index (χ4v) is 3.55. The Balaban J connectivity index is 0.00000529. The number of carboxylic acids is 3. The summed E-state index contributed by atoms with van der Waals surface area (Å²) in [5.41, 5.74) is 0. The predicted octanol–water partition coefficient (Wildman–Crippen LogP) is 0.637. The molecule has 0 aromatic heterocycles. The van der Waals surface area contributed by atoms with Crippen molar-refractivity contribution in [2.45, 2.75) is 46.5 Å². The normalized spacial score (nSPS) is 17.6. The monoisotopic (exact) mass is 488 g/mol. The van der Waals surface area contributed by atoms with Gasteiger partial charge in [0, 0.05) is 85.0 Å². The maximum Gasteiger partial charge on any atom is 0.304 e. The van der Waals surface area contributed by atoms with Gasteiger partial charge in [-0.1, -0.05) is 13.8 Å². The van der Waals surface area contributed by atoms with Crippen LogP contribution in [0.25, 0.3) is 0 Å². The Morgan fingerprint density at radius 3 is 0.882 bits per heavy atom. The van der Waals surface area contributed by atoms with E-state index in [9.17, 15) is 19.2 Å². The molecule has 34 heavy (non-hydrogen) atoms. The van der Waals surface area contributed by atoms with Gasteiger partial charge in [-0.15, -0.1) is 0 Å². The molecule has 11 nitrogen and oxygen atoms in total. The van der Waals surface area contributed by atoms with E-state index in [0.29, 0.717) is 85.0 Å². The Labute approximate surface area is 203 Å². The molecule has 0 radical (unpaired) electrons. The maximum absolute atomic E-state index is 11.5. The van der Waals surface area contributed by atoms with E-state index in [2.05, 4.69) is 14.7 Å². The highest BCUT2D eigenvalue weighted by molar-refractivity contribution is 5.75. The lowest BCUT2D eigenvalue weighted by Gasteiger charge is -2.34. The summed E-state index contributed by atoms with van der Waals surface area (Å²) in [6.45, 7) is 12.5. The minimum absolute atomic E-state index is 0.0169. The molecule has 1 aliphatic heterocycles. The minimum atomic E-state index is -0.873. The molecule has 1 rings (SSSR count). The van der Waals surface area contributed by atoms with Crippen molar-refractivity contribution in [3.05, 3.63) is 0 Å². The van der Waals surface area contributed by atoms with Crippen LogP contribution in [0.3, 0.4) is 0 Å². The first-order chi connectivity index (χ1) is 16.2. The number of rotatable bonds is 12. The molecule has 0 aromatic carbocycles. The van der Waals surface area contributed by atoms with Gasteiger partial charge in [0.2, 0.25) is 0 Å². The first kappa shape index (κ1) is 31.9. The number of carbonyl (C=O) groups excluding carboxylic acids is 1. The van der Waals surface area contributed by atoms with E-state index in [1.54, 1.807) is 6.92 Å². The van der Waals surface area contributed by atoms with Crippen molar-refractivity contribution < 1.29 is 34.5 Å². The first-order valence-corrected chi connectivity index (χ1v) is 12.2. The van der Waals surface area contributed by atoms with Crippen molar-refractivity contribution in [1.82, 2.24) is 19.6 Å². The van der Waals surface area contributed by atoms with Gasteiger partial charge in [0.1, 0.15) is 5.78 Å². The fraction of sp³-hybridized carbons (Fsp3) is 0.826. The highest BCUT2D eigenvalue weighted by Crippen LogP contribution is 2.04. The number of hydrogen-bond donors (Lipinski definition) is 3. The summed E-state index contributed by atoms with van der Waals surface area (Å²) in [6.07, 6.45) is 0.521. The number of carbonyl (C=O) groups is 4. The van der Waals surface area contributed by atoms with Crippen LogP contribution in [0.4, 0.5) is 0 Å². The molecule has 3 N–H and O–H groups in total. The van der Waals surface area contributed by atoms with E-state index >= 15 is 0 Å². The Bertz CT molecular complexity index is 498. The topological polar surface area (TPSA) is 142 Å². The number of ketones is 1.